The number of aromatic hydroxyl groups is 1. The van der Waals surface area contributed by atoms with E-state index in [1.807, 2.05) is 26.8 Å². The van der Waals surface area contributed by atoms with E-state index in [0.29, 0.717) is 5.75 Å². The summed E-state index contributed by atoms with van der Waals surface area (Å²) < 4.78 is 5.27. The molecule has 0 fully saturated rings. The number of rotatable bonds is 3. The molecule has 1 rings (SSSR count). The highest BCUT2D eigenvalue weighted by molar-refractivity contribution is 5.52. The smallest absolute Gasteiger partial charge is 0.122 e. The summed E-state index contributed by atoms with van der Waals surface area (Å²) in [7, 11) is 1.66. The van der Waals surface area contributed by atoms with Gasteiger partial charge in [-0.3, -0.25) is 0 Å². The third-order valence-corrected chi connectivity index (χ3v) is 2.67. The number of aryl methyl sites for hydroxylation is 1. The molecule has 0 atom stereocenters. The van der Waals surface area contributed by atoms with E-state index in [9.17, 15) is 5.11 Å². The zero-order chi connectivity index (χ0) is 10.7. The molecule has 2 nitrogen and oxygen atoms in total. The van der Waals surface area contributed by atoms with Gasteiger partial charge < -0.3 is 9.84 Å². The van der Waals surface area contributed by atoms with Crippen molar-refractivity contribution in [1.29, 1.82) is 0 Å². The van der Waals surface area contributed by atoms with E-state index in [4.69, 9.17) is 4.74 Å². The summed E-state index contributed by atoms with van der Waals surface area (Å²) in [6.45, 7) is 6.06. The molecule has 14 heavy (non-hydrogen) atoms. The van der Waals surface area contributed by atoms with E-state index in [-0.39, 0.29) is 0 Å². The number of benzene rings is 1. The molecule has 0 bridgehead atoms. The van der Waals surface area contributed by atoms with E-state index < -0.39 is 0 Å². The van der Waals surface area contributed by atoms with Crippen LogP contribution < -0.4 is 4.74 Å². The average molecular weight is 194 g/mol. The quantitative estimate of drug-likeness (QED) is 0.801. The van der Waals surface area contributed by atoms with Crippen molar-refractivity contribution >= 4 is 0 Å². The number of hydrogen-bond acceptors (Lipinski definition) is 2. The maximum absolute atomic E-state index is 9.93. The van der Waals surface area contributed by atoms with Crippen molar-refractivity contribution in [3.63, 3.8) is 0 Å². The van der Waals surface area contributed by atoms with Gasteiger partial charge in [-0.1, -0.05) is 13.8 Å². The first-order valence-corrected chi connectivity index (χ1v) is 5.03. The molecule has 0 saturated heterocycles. The molecule has 0 radical (unpaired) electrons. The fourth-order valence-electron chi connectivity index (χ4n) is 1.77. The van der Waals surface area contributed by atoms with Gasteiger partial charge in [0, 0.05) is 5.56 Å². The maximum Gasteiger partial charge on any atom is 0.122 e. The van der Waals surface area contributed by atoms with Gasteiger partial charge in [-0.25, -0.2) is 0 Å². The van der Waals surface area contributed by atoms with Crippen molar-refractivity contribution in [2.75, 3.05) is 7.11 Å². The lowest BCUT2D eigenvalue weighted by molar-refractivity contribution is 0.405. The molecule has 0 spiro atoms. The van der Waals surface area contributed by atoms with Crippen LogP contribution in [0.4, 0.5) is 0 Å². The van der Waals surface area contributed by atoms with Crippen LogP contribution in [0.1, 0.15) is 30.5 Å². The van der Waals surface area contributed by atoms with Crippen molar-refractivity contribution in [2.45, 2.75) is 33.6 Å². The molecular formula is C12H18O2. The maximum atomic E-state index is 9.93. The van der Waals surface area contributed by atoms with Gasteiger partial charge in [-0.2, -0.15) is 0 Å². The Bertz CT molecular complexity index is 301. The largest absolute Gasteiger partial charge is 0.507 e. The Labute approximate surface area is 85.5 Å². The summed E-state index contributed by atoms with van der Waals surface area (Å²) in [4.78, 5) is 0. The fraction of sp³-hybridized carbons (Fsp3) is 0.500. The Morgan fingerprint density at radius 3 is 2.36 bits per heavy atom. The van der Waals surface area contributed by atoms with E-state index in [2.05, 4.69) is 0 Å². The number of phenols is 1. The first-order valence-electron chi connectivity index (χ1n) is 5.03. The summed E-state index contributed by atoms with van der Waals surface area (Å²) >= 11 is 0. The summed E-state index contributed by atoms with van der Waals surface area (Å²) in [5.41, 5.74) is 3.01. The first-order chi connectivity index (χ1) is 6.65. The second-order valence-electron chi connectivity index (χ2n) is 3.40. The van der Waals surface area contributed by atoms with Crippen LogP contribution >= 0.6 is 0 Å². The normalized spacial score (nSPS) is 10.3. The lowest BCUT2D eigenvalue weighted by Crippen LogP contribution is -1.97. The Hall–Kier alpha value is -1.18. The van der Waals surface area contributed by atoms with Gasteiger partial charge in [-0.15, -0.1) is 0 Å². The molecule has 0 aliphatic carbocycles. The van der Waals surface area contributed by atoms with Gasteiger partial charge in [-0.05, 0) is 37.0 Å². The SMILES string of the molecule is CCc1cc(OC)c(C)c(CC)c1O. The van der Waals surface area contributed by atoms with Crippen molar-refractivity contribution in [3.8, 4) is 11.5 Å². The minimum Gasteiger partial charge on any atom is -0.507 e. The zero-order valence-corrected chi connectivity index (χ0v) is 9.35. The Morgan fingerprint density at radius 1 is 1.29 bits per heavy atom. The van der Waals surface area contributed by atoms with Crippen molar-refractivity contribution in [2.24, 2.45) is 0 Å². The van der Waals surface area contributed by atoms with Gasteiger partial charge in [0.05, 0.1) is 7.11 Å². The van der Waals surface area contributed by atoms with Gasteiger partial charge in [0.2, 0.25) is 0 Å². The Kier molecular flexibility index (Phi) is 3.39. The van der Waals surface area contributed by atoms with Crippen LogP contribution in [0.5, 0.6) is 11.5 Å². The minimum absolute atomic E-state index is 0.438. The number of methoxy groups -OCH3 is 1. The second kappa shape index (κ2) is 4.36. The highest BCUT2D eigenvalue weighted by atomic mass is 16.5. The zero-order valence-electron chi connectivity index (χ0n) is 9.35. The molecule has 0 aliphatic rings. The van der Waals surface area contributed by atoms with Crippen LogP contribution in [0.2, 0.25) is 0 Å². The lowest BCUT2D eigenvalue weighted by atomic mass is 9.99. The number of hydrogen-bond donors (Lipinski definition) is 1. The highest BCUT2D eigenvalue weighted by Crippen LogP contribution is 2.33. The topological polar surface area (TPSA) is 29.5 Å². The average Bonchev–Trinajstić information content (AvgIpc) is 2.19. The van der Waals surface area contributed by atoms with Crippen LogP contribution in [-0.2, 0) is 12.8 Å². The molecule has 0 amide bonds. The molecule has 78 valence electrons. The third kappa shape index (κ3) is 1.69. The molecule has 0 saturated carbocycles. The summed E-state index contributed by atoms with van der Waals surface area (Å²) in [5.74, 6) is 1.31. The van der Waals surface area contributed by atoms with Crippen LogP contribution in [0.15, 0.2) is 6.07 Å². The molecule has 0 aromatic heterocycles. The number of phenolic OH excluding ortho intramolecular Hbond substituents is 1. The van der Waals surface area contributed by atoms with E-state index >= 15 is 0 Å². The van der Waals surface area contributed by atoms with Gasteiger partial charge >= 0.3 is 0 Å². The van der Waals surface area contributed by atoms with Crippen LogP contribution in [0.25, 0.3) is 0 Å². The Morgan fingerprint density at radius 2 is 1.93 bits per heavy atom. The molecule has 1 N–H and O–H groups in total. The predicted octanol–water partition coefficient (Wildman–Crippen LogP) is 2.83. The fourth-order valence-corrected chi connectivity index (χ4v) is 1.77. The van der Waals surface area contributed by atoms with Crippen molar-refractivity contribution < 1.29 is 9.84 Å². The monoisotopic (exact) mass is 194 g/mol. The third-order valence-electron chi connectivity index (χ3n) is 2.67. The highest BCUT2D eigenvalue weighted by Gasteiger charge is 2.12. The van der Waals surface area contributed by atoms with Gasteiger partial charge in [0.25, 0.3) is 0 Å². The lowest BCUT2D eigenvalue weighted by Gasteiger charge is -2.14. The van der Waals surface area contributed by atoms with Crippen molar-refractivity contribution in [3.05, 3.63) is 22.8 Å². The van der Waals surface area contributed by atoms with E-state index in [1.165, 1.54) is 0 Å². The summed E-state index contributed by atoms with van der Waals surface area (Å²) in [5, 5.41) is 9.93. The van der Waals surface area contributed by atoms with Gasteiger partial charge in [0.15, 0.2) is 0 Å². The molecule has 1 aromatic rings. The second-order valence-corrected chi connectivity index (χ2v) is 3.40. The van der Waals surface area contributed by atoms with Crippen LogP contribution in [0.3, 0.4) is 0 Å². The standard InChI is InChI=1S/C12H18O2/c1-5-9-7-11(14-4)8(3)10(6-2)12(9)13/h7,13H,5-6H2,1-4H3. The molecule has 0 heterocycles. The molecule has 1 aromatic carbocycles. The molecule has 2 heteroatoms. The van der Waals surface area contributed by atoms with Crippen LogP contribution in [-0.4, -0.2) is 12.2 Å². The summed E-state index contributed by atoms with van der Waals surface area (Å²) in [6, 6.07) is 1.92. The first kappa shape index (κ1) is 10.9. The molecular weight excluding hydrogens is 176 g/mol. The Balaban J connectivity index is 3.39. The molecule has 0 unspecified atom stereocenters. The molecule has 0 aliphatic heterocycles. The number of ether oxygens (including phenoxy) is 1. The van der Waals surface area contributed by atoms with E-state index in [0.717, 1.165) is 35.3 Å². The summed E-state index contributed by atoms with van der Waals surface area (Å²) in [6.07, 6.45) is 1.66. The predicted molar refractivity (Wildman–Crippen MR) is 58.2 cm³/mol. The van der Waals surface area contributed by atoms with E-state index in [1.54, 1.807) is 7.11 Å². The van der Waals surface area contributed by atoms with Gasteiger partial charge in [0.1, 0.15) is 11.5 Å². The van der Waals surface area contributed by atoms with Crippen LogP contribution in [0, 0.1) is 6.92 Å². The minimum atomic E-state index is 0.438. The van der Waals surface area contributed by atoms with Crippen molar-refractivity contribution in [1.82, 2.24) is 0 Å².